The van der Waals surface area contributed by atoms with Gasteiger partial charge < -0.3 is 15.2 Å². The maximum absolute atomic E-state index is 11.9. The van der Waals surface area contributed by atoms with Gasteiger partial charge >= 0.3 is 5.97 Å². The van der Waals surface area contributed by atoms with E-state index in [4.69, 9.17) is 21.6 Å². The number of rotatable bonds is 5. The van der Waals surface area contributed by atoms with E-state index >= 15 is 0 Å². The van der Waals surface area contributed by atoms with Crippen molar-refractivity contribution in [3.05, 3.63) is 27.1 Å². The van der Waals surface area contributed by atoms with Crippen molar-refractivity contribution < 1.29 is 19.2 Å². The topological polar surface area (TPSA) is 105 Å². The summed E-state index contributed by atoms with van der Waals surface area (Å²) in [6, 6.07) is 2.57. The molecule has 2 N–H and O–H groups in total. The first kappa shape index (κ1) is 15.6. The number of non-ortho nitro benzene ring substituents is 1. The van der Waals surface area contributed by atoms with E-state index in [1.165, 1.54) is 12.1 Å². The lowest BCUT2D eigenvalue weighted by atomic mass is 10.2. The molecule has 1 aromatic carbocycles. The van der Waals surface area contributed by atoms with Crippen molar-refractivity contribution in [2.24, 2.45) is 0 Å². The molecular weight excluding hydrogens is 308 g/mol. The lowest BCUT2D eigenvalue weighted by molar-refractivity contribution is -0.384. The molecule has 0 spiro atoms. The van der Waals surface area contributed by atoms with E-state index in [0.29, 0.717) is 10.1 Å². The van der Waals surface area contributed by atoms with Crippen LogP contribution in [0, 0.1) is 22.5 Å². The molecule has 0 radical (unpaired) electrons. The Balaban J connectivity index is 2.66. The van der Waals surface area contributed by atoms with E-state index in [1.54, 1.807) is 6.92 Å². The first-order valence-corrected chi connectivity index (χ1v) is 7.05. The molecule has 114 valence electrons. The summed E-state index contributed by atoms with van der Waals surface area (Å²) in [4.78, 5) is 22.5. The number of nitrogen functional groups attached to an aromatic ring is 1. The highest BCUT2D eigenvalue weighted by atomic mass is 32.1. The zero-order valence-electron chi connectivity index (χ0n) is 11.6. The SMILES string of the molecule is C#CCOc1cc([N+](=O)[O-])cc2sc(C(=O)OCC)c(N)c12. The monoisotopic (exact) mass is 320 g/mol. The van der Waals surface area contributed by atoms with Crippen LogP contribution in [0.2, 0.25) is 0 Å². The van der Waals surface area contributed by atoms with Crippen LogP contribution >= 0.6 is 11.3 Å². The molecule has 0 fully saturated rings. The number of nitrogens with two attached hydrogens (primary N) is 1. The lowest BCUT2D eigenvalue weighted by Crippen LogP contribution is -2.05. The quantitative estimate of drug-likeness (QED) is 0.393. The summed E-state index contributed by atoms with van der Waals surface area (Å²) in [5.41, 5.74) is 5.97. The Morgan fingerprint density at radius 3 is 2.86 bits per heavy atom. The minimum Gasteiger partial charge on any atom is -0.480 e. The van der Waals surface area contributed by atoms with Crippen LogP contribution in [0.3, 0.4) is 0 Å². The number of carbonyl (C=O) groups excluding carboxylic acids is 1. The number of nitro benzene ring substituents is 1. The van der Waals surface area contributed by atoms with Gasteiger partial charge in [0, 0.05) is 10.8 Å². The lowest BCUT2D eigenvalue weighted by Gasteiger charge is -2.05. The van der Waals surface area contributed by atoms with E-state index in [9.17, 15) is 14.9 Å². The Bertz CT molecular complexity index is 791. The standard InChI is InChI=1S/C14H12N2O5S/c1-3-5-21-9-6-8(16(18)19)7-10-11(9)12(15)13(22-10)14(17)20-4-2/h1,6-7H,4-5,15H2,2H3. The number of carbonyl (C=O) groups is 1. The molecule has 1 aromatic heterocycles. The molecule has 0 amide bonds. The first-order valence-electron chi connectivity index (χ1n) is 6.23. The Morgan fingerprint density at radius 1 is 1.55 bits per heavy atom. The van der Waals surface area contributed by atoms with Crippen molar-refractivity contribution >= 4 is 38.8 Å². The van der Waals surface area contributed by atoms with Crippen LogP contribution in [0.25, 0.3) is 10.1 Å². The van der Waals surface area contributed by atoms with Crippen LogP contribution in [-0.2, 0) is 4.74 Å². The van der Waals surface area contributed by atoms with Gasteiger partial charge in [0.2, 0.25) is 0 Å². The number of nitro groups is 1. The van der Waals surface area contributed by atoms with E-state index in [0.717, 1.165) is 11.3 Å². The molecule has 0 aliphatic rings. The normalized spacial score (nSPS) is 10.2. The van der Waals surface area contributed by atoms with Crippen LogP contribution in [0.5, 0.6) is 5.75 Å². The third kappa shape index (κ3) is 2.80. The second-order valence-electron chi connectivity index (χ2n) is 4.13. The van der Waals surface area contributed by atoms with Crippen molar-refractivity contribution in [3.8, 4) is 18.1 Å². The summed E-state index contributed by atoms with van der Waals surface area (Å²) >= 11 is 1.02. The number of benzene rings is 1. The van der Waals surface area contributed by atoms with Crippen molar-refractivity contribution in [3.63, 3.8) is 0 Å². The molecule has 7 nitrogen and oxygen atoms in total. The number of terminal acetylenes is 1. The van der Waals surface area contributed by atoms with E-state index in [1.807, 2.05) is 0 Å². The Morgan fingerprint density at radius 2 is 2.27 bits per heavy atom. The fourth-order valence-electron chi connectivity index (χ4n) is 1.89. The average Bonchev–Trinajstić information content (AvgIpc) is 2.82. The molecule has 0 atom stereocenters. The maximum atomic E-state index is 11.9. The molecule has 0 aliphatic heterocycles. The van der Waals surface area contributed by atoms with Gasteiger partial charge in [0.1, 0.15) is 17.2 Å². The van der Waals surface area contributed by atoms with Gasteiger partial charge in [0.05, 0.1) is 28.7 Å². The fourth-order valence-corrected chi connectivity index (χ4v) is 2.95. The molecule has 1 heterocycles. The molecule has 2 rings (SSSR count). The third-order valence-corrected chi connectivity index (χ3v) is 3.89. The van der Waals surface area contributed by atoms with Crippen molar-refractivity contribution in [1.82, 2.24) is 0 Å². The van der Waals surface area contributed by atoms with Crippen LogP contribution in [0.1, 0.15) is 16.6 Å². The fraction of sp³-hybridized carbons (Fsp3) is 0.214. The molecule has 2 aromatic rings. The van der Waals surface area contributed by atoms with Gasteiger partial charge in [-0.3, -0.25) is 10.1 Å². The smallest absolute Gasteiger partial charge is 0.350 e. The van der Waals surface area contributed by atoms with E-state index in [-0.39, 0.29) is 35.2 Å². The van der Waals surface area contributed by atoms with Crippen LogP contribution in [-0.4, -0.2) is 24.1 Å². The predicted molar refractivity (Wildman–Crippen MR) is 83.2 cm³/mol. The van der Waals surface area contributed by atoms with Gasteiger partial charge in [0.25, 0.3) is 5.69 Å². The van der Waals surface area contributed by atoms with Crippen LogP contribution < -0.4 is 10.5 Å². The highest BCUT2D eigenvalue weighted by Crippen LogP contribution is 2.42. The summed E-state index contributed by atoms with van der Waals surface area (Å²) in [6.07, 6.45) is 5.14. The Labute approximate surface area is 129 Å². The van der Waals surface area contributed by atoms with Crippen molar-refractivity contribution in [2.45, 2.75) is 6.92 Å². The zero-order valence-corrected chi connectivity index (χ0v) is 12.4. The van der Waals surface area contributed by atoms with Gasteiger partial charge in [-0.25, -0.2) is 4.79 Å². The van der Waals surface area contributed by atoms with Gasteiger partial charge in [-0.1, -0.05) is 5.92 Å². The molecule has 8 heteroatoms. The maximum Gasteiger partial charge on any atom is 0.350 e. The Kier molecular flexibility index (Phi) is 4.48. The van der Waals surface area contributed by atoms with Crippen LogP contribution in [0.15, 0.2) is 12.1 Å². The van der Waals surface area contributed by atoms with Crippen molar-refractivity contribution in [1.29, 1.82) is 0 Å². The average molecular weight is 320 g/mol. The van der Waals surface area contributed by atoms with Gasteiger partial charge in [0.15, 0.2) is 0 Å². The van der Waals surface area contributed by atoms with Gasteiger partial charge in [-0.2, -0.15) is 0 Å². The summed E-state index contributed by atoms with van der Waals surface area (Å²) in [5.74, 6) is 1.87. The minimum absolute atomic E-state index is 0.0692. The van der Waals surface area contributed by atoms with Gasteiger partial charge in [-0.05, 0) is 6.92 Å². The second kappa shape index (κ2) is 6.32. The molecular formula is C14H12N2O5S. The third-order valence-electron chi connectivity index (χ3n) is 2.76. The Hall–Kier alpha value is -2.79. The number of thiophene rings is 1. The second-order valence-corrected chi connectivity index (χ2v) is 5.18. The van der Waals surface area contributed by atoms with Crippen LogP contribution in [0.4, 0.5) is 11.4 Å². The molecule has 0 unspecified atom stereocenters. The predicted octanol–water partition coefficient (Wildman–Crippen LogP) is 2.58. The number of fused-ring (bicyclic) bond motifs is 1. The molecule has 0 aliphatic carbocycles. The summed E-state index contributed by atoms with van der Waals surface area (Å²) < 4.78 is 10.7. The number of hydrogen-bond acceptors (Lipinski definition) is 7. The highest BCUT2D eigenvalue weighted by Gasteiger charge is 2.23. The van der Waals surface area contributed by atoms with Gasteiger partial charge in [-0.15, -0.1) is 17.8 Å². The number of nitrogens with zero attached hydrogens (tertiary/aromatic N) is 1. The zero-order chi connectivity index (χ0) is 16.3. The van der Waals surface area contributed by atoms with Crippen molar-refractivity contribution in [2.75, 3.05) is 18.9 Å². The molecule has 0 saturated carbocycles. The number of hydrogen-bond donors (Lipinski definition) is 1. The summed E-state index contributed by atoms with van der Waals surface area (Å²) in [5, 5.41) is 11.4. The highest BCUT2D eigenvalue weighted by molar-refractivity contribution is 7.21. The number of ether oxygens (including phenoxy) is 2. The molecule has 22 heavy (non-hydrogen) atoms. The molecule has 0 bridgehead atoms. The minimum atomic E-state index is -0.577. The number of anilines is 1. The van der Waals surface area contributed by atoms with E-state index < -0.39 is 10.9 Å². The largest absolute Gasteiger partial charge is 0.480 e. The summed E-state index contributed by atoms with van der Waals surface area (Å²) in [7, 11) is 0. The molecule has 0 saturated heterocycles. The number of esters is 1. The van der Waals surface area contributed by atoms with E-state index in [2.05, 4.69) is 5.92 Å². The first-order chi connectivity index (χ1) is 10.5. The summed E-state index contributed by atoms with van der Waals surface area (Å²) in [6.45, 7) is 1.81.